The number of hydrogen-bond donors (Lipinski definition) is 2. The molecular formula is C48H83NO9P+. The van der Waals surface area contributed by atoms with Gasteiger partial charge in [0.2, 0.25) is 0 Å². The summed E-state index contributed by atoms with van der Waals surface area (Å²) in [5, 5.41) is 10.3. The summed E-state index contributed by atoms with van der Waals surface area (Å²) in [5.74, 6) is -1.07. The predicted octanol–water partition coefficient (Wildman–Crippen LogP) is 11.8. The number of rotatable bonds is 39. The largest absolute Gasteiger partial charge is 0.472 e. The van der Waals surface area contributed by atoms with Gasteiger partial charge in [-0.2, -0.15) is 0 Å². The van der Waals surface area contributed by atoms with Crippen molar-refractivity contribution < 1.29 is 47.2 Å². The van der Waals surface area contributed by atoms with Gasteiger partial charge in [-0.1, -0.05) is 144 Å². The molecule has 11 heteroatoms. The van der Waals surface area contributed by atoms with E-state index in [4.69, 9.17) is 18.5 Å². The molecular weight excluding hydrogens is 766 g/mol. The summed E-state index contributed by atoms with van der Waals surface area (Å²) in [6.07, 6.45) is 46.7. The molecule has 2 N–H and O–H groups in total. The number of likely N-dealkylation sites (N-methyl/N-ethyl adjacent to an activating group) is 1. The van der Waals surface area contributed by atoms with Crippen molar-refractivity contribution in [2.45, 2.75) is 161 Å². The van der Waals surface area contributed by atoms with E-state index in [9.17, 15) is 24.2 Å². The standard InChI is InChI=1S/C48H82NO9P/c1-6-8-10-12-14-16-18-20-21-22-23-25-27-29-31-33-35-39-48(52)58-46(44-57-59(53,54)56-42-41-49(3,4)5)43-55-47(51)40-36-38-45(50)37-34-32-30-28-26-24-19-17-15-13-11-9-7-2/h14,16,20-21,23-26,29-32,34,37,45-46,50H,6-13,15,17-19,22,27-28,33,35-36,38-44H2,1-5H3/p+1/b16-14-,21-20-,25-23-,26-24+,31-29-,32-30+,37-34+/t45?,46-/m1/s1. The summed E-state index contributed by atoms with van der Waals surface area (Å²) in [6.45, 7) is 4.08. The molecule has 0 fully saturated rings. The highest BCUT2D eigenvalue weighted by molar-refractivity contribution is 7.47. The van der Waals surface area contributed by atoms with Gasteiger partial charge < -0.3 is 24.0 Å². The minimum absolute atomic E-state index is 0.0117. The normalized spacial score (nSPS) is 14.9. The number of phosphoric ester groups is 1. The Labute approximate surface area is 359 Å². The fourth-order valence-corrected chi connectivity index (χ4v) is 6.17. The molecule has 0 aliphatic carbocycles. The predicted molar refractivity (Wildman–Crippen MR) is 244 cm³/mol. The van der Waals surface area contributed by atoms with Gasteiger partial charge in [-0.15, -0.1) is 0 Å². The Morgan fingerprint density at radius 3 is 1.73 bits per heavy atom. The molecule has 0 aliphatic heterocycles. The van der Waals surface area contributed by atoms with Gasteiger partial charge in [0.1, 0.15) is 19.8 Å². The quantitative estimate of drug-likeness (QED) is 0.0155. The van der Waals surface area contributed by atoms with Gasteiger partial charge in [0.25, 0.3) is 0 Å². The SMILES string of the molecule is CCCCC/C=C\C/C=C\C/C=C\C/C=C\CCCC(=O)O[C@H](COC(=O)CCCC(O)/C=C/C=C/C/C=C/CCCCCCCC)COP(=O)(O)OCC[N+](C)(C)C. The van der Waals surface area contributed by atoms with Gasteiger partial charge >= 0.3 is 19.8 Å². The molecule has 0 saturated heterocycles. The van der Waals surface area contributed by atoms with Crippen molar-refractivity contribution in [2.24, 2.45) is 0 Å². The number of quaternary nitrogens is 1. The first-order valence-corrected chi connectivity index (χ1v) is 23.9. The molecule has 0 saturated carbocycles. The van der Waals surface area contributed by atoms with Crippen LogP contribution < -0.4 is 0 Å². The molecule has 0 rings (SSSR count). The van der Waals surface area contributed by atoms with Crippen LogP contribution in [0.4, 0.5) is 0 Å². The van der Waals surface area contributed by atoms with Crippen molar-refractivity contribution in [1.82, 2.24) is 0 Å². The topological polar surface area (TPSA) is 129 Å². The molecule has 0 heterocycles. The van der Waals surface area contributed by atoms with Gasteiger partial charge in [-0.25, -0.2) is 4.57 Å². The maximum absolute atomic E-state index is 12.7. The lowest BCUT2D eigenvalue weighted by Gasteiger charge is -2.24. The molecule has 0 bridgehead atoms. The number of carbonyl (C=O) groups excluding carboxylic acids is 2. The summed E-state index contributed by atoms with van der Waals surface area (Å²) in [6, 6.07) is 0. The van der Waals surface area contributed by atoms with Crippen LogP contribution in [0.25, 0.3) is 0 Å². The molecule has 0 aromatic carbocycles. The molecule has 0 aromatic heterocycles. The van der Waals surface area contributed by atoms with Crippen molar-refractivity contribution in [1.29, 1.82) is 0 Å². The molecule has 0 amide bonds. The van der Waals surface area contributed by atoms with E-state index in [1.165, 1.54) is 57.8 Å². The Balaban J connectivity index is 4.65. The van der Waals surface area contributed by atoms with Gasteiger partial charge in [0, 0.05) is 12.8 Å². The third-order valence-corrected chi connectivity index (χ3v) is 9.99. The van der Waals surface area contributed by atoms with Crippen LogP contribution in [-0.2, 0) is 32.7 Å². The molecule has 2 unspecified atom stereocenters. The van der Waals surface area contributed by atoms with E-state index < -0.39 is 38.6 Å². The second kappa shape index (κ2) is 39.3. The molecule has 0 radical (unpaired) electrons. The maximum atomic E-state index is 12.7. The van der Waals surface area contributed by atoms with Gasteiger partial charge in [0.05, 0.1) is 33.9 Å². The van der Waals surface area contributed by atoms with E-state index in [-0.39, 0.29) is 26.1 Å². The first-order valence-electron chi connectivity index (χ1n) is 22.4. The van der Waals surface area contributed by atoms with Crippen LogP contribution in [0.1, 0.15) is 149 Å². The zero-order chi connectivity index (χ0) is 43.7. The van der Waals surface area contributed by atoms with Crippen LogP contribution in [0.2, 0.25) is 0 Å². The number of unbranched alkanes of at least 4 members (excludes halogenated alkanes) is 10. The van der Waals surface area contributed by atoms with Crippen LogP contribution in [0.5, 0.6) is 0 Å². The zero-order valence-electron chi connectivity index (χ0n) is 37.6. The lowest BCUT2D eigenvalue weighted by molar-refractivity contribution is -0.870. The molecule has 338 valence electrons. The molecule has 3 atom stereocenters. The number of carbonyl (C=O) groups is 2. The Morgan fingerprint density at radius 2 is 1.12 bits per heavy atom. The second-order valence-electron chi connectivity index (χ2n) is 15.9. The number of aliphatic hydroxyl groups excluding tert-OH is 1. The summed E-state index contributed by atoms with van der Waals surface area (Å²) in [4.78, 5) is 35.4. The Morgan fingerprint density at radius 1 is 0.610 bits per heavy atom. The first-order chi connectivity index (χ1) is 28.4. The van der Waals surface area contributed by atoms with Crippen LogP contribution in [-0.4, -0.2) is 86.1 Å². The monoisotopic (exact) mass is 849 g/mol. The van der Waals surface area contributed by atoms with E-state index in [1.807, 2.05) is 39.4 Å². The number of aliphatic hydroxyl groups is 1. The summed E-state index contributed by atoms with van der Waals surface area (Å²) in [7, 11) is 1.33. The minimum atomic E-state index is -4.44. The smallest absolute Gasteiger partial charge is 0.462 e. The van der Waals surface area contributed by atoms with Crippen LogP contribution in [0, 0.1) is 0 Å². The van der Waals surface area contributed by atoms with Gasteiger partial charge in [-0.3, -0.25) is 18.6 Å². The summed E-state index contributed by atoms with van der Waals surface area (Å²) < 4.78 is 34.1. The van der Waals surface area contributed by atoms with Crippen molar-refractivity contribution in [2.75, 3.05) is 47.5 Å². The van der Waals surface area contributed by atoms with Gasteiger partial charge in [0.15, 0.2) is 6.10 Å². The van der Waals surface area contributed by atoms with E-state index >= 15 is 0 Å². The highest BCUT2D eigenvalue weighted by Crippen LogP contribution is 2.43. The fourth-order valence-electron chi connectivity index (χ4n) is 5.43. The number of nitrogens with zero attached hydrogens (tertiary/aromatic N) is 1. The minimum Gasteiger partial charge on any atom is -0.462 e. The molecule has 0 spiro atoms. The van der Waals surface area contributed by atoms with Crippen LogP contribution in [0.15, 0.2) is 85.1 Å². The number of esters is 2. The summed E-state index contributed by atoms with van der Waals surface area (Å²) >= 11 is 0. The van der Waals surface area contributed by atoms with Crippen molar-refractivity contribution >= 4 is 19.8 Å². The highest BCUT2D eigenvalue weighted by atomic mass is 31.2. The Bertz CT molecular complexity index is 1300. The fraction of sp³-hybridized carbons (Fsp3) is 0.667. The van der Waals surface area contributed by atoms with Crippen molar-refractivity contribution in [3.8, 4) is 0 Å². The lowest BCUT2D eigenvalue weighted by atomic mass is 10.1. The Kier molecular flexibility index (Phi) is 37.4. The van der Waals surface area contributed by atoms with Crippen LogP contribution in [0.3, 0.4) is 0 Å². The maximum Gasteiger partial charge on any atom is 0.472 e. The van der Waals surface area contributed by atoms with Gasteiger partial charge in [-0.05, 0) is 77.0 Å². The molecule has 59 heavy (non-hydrogen) atoms. The van der Waals surface area contributed by atoms with Crippen molar-refractivity contribution in [3.05, 3.63) is 85.1 Å². The van der Waals surface area contributed by atoms with E-state index in [0.717, 1.165) is 38.5 Å². The third-order valence-electron chi connectivity index (χ3n) is 9.00. The van der Waals surface area contributed by atoms with E-state index in [2.05, 4.69) is 68.5 Å². The highest BCUT2D eigenvalue weighted by Gasteiger charge is 2.27. The molecule has 0 aromatic rings. The number of ether oxygens (including phenoxy) is 2. The van der Waals surface area contributed by atoms with Crippen LogP contribution >= 0.6 is 7.82 Å². The second-order valence-corrected chi connectivity index (χ2v) is 17.4. The zero-order valence-corrected chi connectivity index (χ0v) is 38.5. The Hall–Kier alpha value is -2.85. The van der Waals surface area contributed by atoms with E-state index in [1.54, 1.807) is 12.2 Å². The number of hydrogen-bond acceptors (Lipinski definition) is 8. The first kappa shape index (κ1) is 56.1. The third kappa shape index (κ3) is 43.1. The van der Waals surface area contributed by atoms with Crippen molar-refractivity contribution in [3.63, 3.8) is 0 Å². The summed E-state index contributed by atoms with van der Waals surface area (Å²) in [5.41, 5.74) is 0. The number of allylic oxidation sites excluding steroid dienone is 13. The molecule has 0 aliphatic rings. The number of phosphoric acid groups is 1. The average molecular weight is 849 g/mol. The molecule has 10 nitrogen and oxygen atoms in total. The lowest BCUT2D eigenvalue weighted by Crippen LogP contribution is -2.37. The van der Waals surface area contributed by atoms with E-state index in [0.29, 0.717) is 36.7 Å². The average Bonchev–Trinajstić information content (AvgIpc) is 3.18.